The van der Waals surface area contributed by atoms with E-state index in [4.69, 9.17) is 0 Å². The molecule has 0 spiro atoms. The first-order valence-electron chi connectivity index (χ1n) is 4.16. The number of nitrogens with one attached hydrogen (secondary N) is 1. The highest BCUT2D eigenvalue weighted by Crippen LogP contribution is 2.14. The van der Waals surface area contributed by atoms with Gasteiger partial charge >= 0.3 is 6.43 Å². The van der Waals surface area contributed by atoms with Crippen LogP contribution in [-0.2, 0) is 18.3 Å². The van der Waals surface area contributed by atoms with E-state index in [0.29, 0.717) is 17.8 Å². The molecule has 14 heavy (non-hydrogen) atoms. The van der Waals surface area contributed by atoms with Gasteiger partial charge in [0.05, 0.1) is 11.4 Å². The van der Waals surface area contributed by atoms with Crippen molar-refractivity contribution in [3.8, 4) is 0 Å². The van der Waals surface area contributed by atoms with Crippen LogP contribution in [0.1, 0.15) is 12.6 Å². The Morgan fingerprint density at radius 1 is 1.71 bits per heavy atom. The molecular formula is C8H11F2N3O. The lowest BCUT2D eigenvalue weighted by molar-refractivity contribution is -0.126. The minimum atomic E-state index is -3.00. The van der Waals surface area contributed by atoms with Gasteiger partial charge in [-0.2, -0.15) is 13.9 Å². The zero-order chi connectivity index (χ0) is 10.7. The standard InChI is InChI=1S/C8H11F2N3O/c1-3-5-6(4-13(2)12-5)11-8(14)7(9)10/h4,7H,3H2,1-2H3,(H,11,14). The van der Waals surface area contributed by atoms with Crippen LogP contribution in [0.15, 0.2) is 6.20 Å². The molecule has 0 aliphatic rings. The third kappa shape index (κ3) is 2.27. The number of carbonyl (C=O) groups is 1. The molecule has 0 unspecified atom stereocenters. The molecule has 1 aromatic rings. The number of anilines is 1. The summed E-state index contributed by atoms with van der Waals surface area (Å²) in [5.41, 5.74) is 0.946. The van der Waals surface area contributed by atoms with Crippen LogP contribution in [-0.4, -0.2) is 22.1 Å². The largest absolute Gasteiger partial charge is 0.318 e. The molecule has 0 aliphatic carbocycles. The first-order valence-corrected chi connectivity index (χ1v) is 4.16. The predicted octanol–water partition coefficient (Wildman–Crippen LogP) is 1.19. The highest BCUT2D eigenvalue weighted by molar-refractivity contribution is 5.93. The second-order valence-electron chi connectivity index (χ2n) is 2.81. The molecular weight excluding hydrogens is 192 g/mol. The van der Waals surface area contributed by atoms with Crippen molar-refractivity contribution in [2.75, 3.05) is 5.32 Å². The maximum Gasteiger partial charge on any atom is 0.315 e. The smallest absolute Gasteiger partial charge is 0.315 e. The molecule has 4 nitrogen and oxygen atoms in total. The van der Waals surface area contributed by atoms with Gasteiger partial charge < -0.3 is 5.32 Å². The van der Waals surface area contributed by atoms with Crippen LogP contribution in [0.2, 0.25) is 0 Å². The number of hydrogen-bond donors (Lipinski definition) is 1. The Balaban J connectivity index is 2.80. The van der Waals surface area contributed by atoms with Gasteiger partial charge in [0.15, 0.2) is 0 Å². The maximum atomic E-state index is 11.9. The van der Waals surface area contributed by atoms with Crippen molar-refractivity contribution >= 4 is 11.6 Å². The average Bonchev–Trinajstić information content (AvgIpc) is 2.45. The van der Waals surface area contributed by atoms with E-state index < -0.39 is 12.3 Å². The van der Waals surface area contributed by atoms with Crippen molar-refractivity contribution in [3.05, 3.63) is 11.9 Å². The Morgan fingerprint density at radius 2 is 2.36 bits per heavy atom. The van der Waals surface area contributed by atoms with Crippen molar-refractivity contribution in [2.24, 2.45) is 7.05 Å². The Kier molecular flexibility index (Phi) is 3.16. The number of carbonyl (C=O) groups excluding carboxylic acids is 1. The summed E-state index contributed by atoms with van der Waals surface area (Å²) in [6.07, 6.45) is -0.918. The van der Waals surface area contributed by atoms with E-state index in [1.165, 1.54) is 10.9 Å². The molecule has 1 amide bonds. The summed E-state index contributed by atoms with van der Waals surface area (Å²) in [6.45, 7) is 1.83. The van der Waals surface area contributed by atoms with Crippen LogP contribution < -0.4 is 5.32 Å². The quantitative estimate of drug-likeness (QED) is 0.802. The van der Waals surface area contributed by atoms with E-state index in [0.717, 1.165) is 0 Å². The number of aryl methyl sites for hydroxylation is 2. The molecule has 1 aromatic heterocycles. The van der Waals surface area contributed by atoms with E-state index in [1.54, 1.807) is 7.05 Å². The van der Waals surface area contributed by atoms with Crippen molar-refractivity contribution in [2.45, 2.75) is 19.8 Å². The Labute approximate surface area is 79.9 Å². The summed E-state index contributed by atoms with van der Waals surface area (Å²) in [7, 11) is 1.66. The minimum Gasteiger partial charge on any atom is -0.318 e. The fraction of sp³-hybridized carbons (Fsp3) is 0.500. The minimum absolute atomic E-state index is 0.348. The Bertz CT molecular complexity index is 335. The summed E-state index contributed by atoms with van der Waals surface area (Å²) in [5, 5.41) is 6.11. The molecule has 1 rings (SSSR count). The van der Waals surface area contributed by atoms with E-state index in [2.05, 4.69) is 10.4 Å². The van der Waals surface area contributed by atoms with Gasteiger partial charge in [0, 0.05) is 13.2 Å². The fourth-order valence-corrected chi connectivity index (χ4v) is 1.09. The normalized spacial score (nSPS) is 10.6. The summed E-state index contributed by atoms with van der Waals surface area (Å²) in [6, 6.07) is 0. The van der Waals surface area contributed by atoms with Crippen LogP contribution in [0.4, 0.5) is 14.5 Å². The average molecular weight is 203 g/mol. The second kappa shape index (κ2) is 4.17. The lowest BCUT2D eigenvalue weighted by atomic mass is 10.3. The molecule has 6 heteroatoms. The number of rotatable bonds is 3. The van der Waals surface area contributed by atoms with Crippen molar-refractivity contribution in [3.63, 3.8) is 0 Å². The highest BCUT2D eigenvalue weighted by Gasteiger charge is 2.17. The first-order chi connectivity index (χ1) is 6.54. The van der Waals surface area contributed by atoms with E-state index in [1.807, 2.05) is 6.92 Å². The number of amides is 1. The van der Waals surface area contributed by atoms with Crippen LogP contribution >= 0.6 is 0 Å². The van der Waals surface area contributed by atoms with Gasteiger partial charge in [-0.1, -0.05) is 6.92 Å². The number of hydrogen-bond acceptors (Lipinski definition) is 2. The van der Waals surface area contributed by atoms with Crippen LogP contribution in [0.5, 0.6) is 0 Å². The topological polar surface area (TPSA) is 46.9 Å². The monoisotopic (exact) mass is 203 g/mol. The number of alkyl halides is 2. The van der Waals surface area contributed by atoms with Gasteiger partial charge in [0.1, 0.15) is 0 Å². The summed E-state index contributed by atoms with van der Waals surface area (Å²) in [4.78, 5) is 10.7. The molecule has 0 radical (unpaired) electrons. The molecule has 0 fully saturated rings. The van der Waals surface area contributed by atoms with Gasteiger partial charge in [-0.3, -0.25) is 9.48 Å². The second-order valence-corrected chi connectivity index (χ2v) is 2.81. The summed E-state index contributed by atoms with van der Waals surface area (Å²) in [5.74, 6) is -1.30. The summed E-state index contributed by atoms with van der Waals surface area (Å²) >= 11 is 0. The van der Waals surface area contributed by atoms with Gasteiger partial charge in [-0.25, -0.2) is 0 Å². The molecule has 1 heterocycles. The zero-order valence-corrected chi connectivity index (χ0v) is 7.92. The number of halogens is 2. The number of aromatic nitrogens is 2. The Hall–Kier alpha value is -1.46. The lowest BCUT2D eigenvalue weighted by Crippen LogP contribution is -2.20. The highest BCUT2D eigenvalue weighted by atomic mass is 19.3. The van der Waals surface area contributed by atoms with Gasteiger partial charge in [0.2, 0.25) is 0 Å². The zero-order valence-electron chi connectivity index (χ0n) is 7.92. The molecule has 0 saturated heterocycles. The predicted molar refractivity (Wildman–Crippen MR) is 47.2 cm³/mol. The van der Waals surface area contributed by atoms with Crippen LogP contribution in [0, 0.1) is 0 Å². The molecule has 0 bridgehead atoms. The Morgan fingerprint density at radius 3 is 2.86 bits per heavy atom. The maximum absolute atomic E-state index is 11.9. The molecule has 0 saturated carbocycles. The van der Waals surface area contributed by atoms with Crippen LogP contribution in [0.25, 0.3) is 0 Å². The van der Waals surface area contributed by atoms with Gasteiger partial charge in [0.25, 0.3) is 5.91 Å². The third-order valence-electron chi connectivity index (χ3n) is 1.70. The molecule has 0 aromatic carbocycles. The van der Waals surface area contributed by atoms with Gasteiger partial charge in [-0.15, -0.1) is 0 Å². The molecule has 78 valence electrons. The van der Waals surface area contributed by atoms with Crippen molar-refractivity contribution < 1.29 is 13.6 Å². The SMILES string of the molecule is CCc1nn(C)cc1NC(=O)C(F)F. The molecule has 1 N–H and O–H groups in total. The van der Waals surface area contributed by atoms with E-state index in [-0.39, 0.29) is 0 Å². The fourth-order valence-electron chi connectivity index (χ4n) is 1.09. The first kappa shape index (κ1) is 10.6. The van der Waals surface area contributed by atoms with Crippen molar-refractivity contribution in [1.82, 2.24) is 9.78 Å². The van der Waals surface area contributed by atoms with E-state index >= 15 is 0 Å². The third-order valence-corrected chi connectivity index (χ3v) is 1.70. The van der Waals surface area contributed by atoms with Gasteiger partial charge in [-0.05, 0) is 6.42 Å². The summed E-state index contributed by atoms with van der Waals surface area (Å²) < 4.78 is 25.3. The lowest BCUT2D eigenvalue weighted by Gasteiger charge is -2.02. The number of nitrogens with zero attached hydrogens (tertiary/aromatic N) is 2. The molecule has 0 atom stereocenters. The van der Waals surface area contributed by atoms with E-state index in [9.17, 15) is 13.6 Å². The van der Waals surface area contributed by atoms with Crippen LogP contribution in [0.3, 0.4) is 0 Å². The molecule has 0 aliphatic heterocycles. The van der Waals surface area contributed by atoms with Crippen molar-refractivity contribution in [1.29, 1.82) is 0 Å².